The van der Waals surface area contributed by atoms with Crippen molar-refractivity contribution in [3.05, 3.63) is 64.0 Å². The molecule has 1 aliphatic rings. The molecule has 2 amide bonds. The van der Waals surface area contributed by atoms with Gasteiger partial charge in [0.1, 0.15) is 11.6 Å². The predicted octanol–water partition coefficient (Wildman–Crippen LogP) is 2.33. The Bertz CT molecular complexity index is 981. The molecule has 0 aliphatic carbocycles. The first kappa shape index (κ1) is 17.3. The van der Waals surface area contributed by atoms with Crippen molar-refractivity contribution in [3.63, 3.8) is 0 Å². The first-order valence-corrected chi connectivity index (χ1v) is 9.37. The average Bonchev–Trinajstić information content (AvgIpc) is 3.30. The molecule has 2 aromatic heterocycles. The number of aromatic nitrogens is 2. The molecule has 0 saturated heterocycles. The normalized spacial score (nSPS) is 15.9. The van der Waals surface area contributed by atoms with Crippen LogP contribution in [0.25, 0.3) is 0 Å². The number of nitrogens with two attached hydrogens (primary N) is 1. The second-order valence-electron chi connectivity index (χ2n) is 6.32. The van der Waals surface area contributed by atoms with Crippen LogP contribution in [0.15, 0.2) is 48.0 Å². The Morgan fingerprint density at radius 2 is 2.26 bits per heavy atom. The van der Waals surface area contributed by atoms with Crippen molar-refractivity contribution in [1.29, 1.82) is 0 Å². The van der Waals surface area contributed by atoms with Gasteiger partial charge < -0.3 is 15.8 Å². The van der Waals surface area contributed by atoms with Gasteiger partial charge in [0.25, 0.3) is 5.91 Å². The minimum absolute atomic E-state index is 0.0520. The Kier molecular flexibility index (Phi) is 4.64. The van der Waals surface area contributed by atoms with Crippen LogP contribution in [0.1, 0.15) is 28.3 Å². The molecule has 3 aromatic rings. The molecule has 0 spiro atoms. The first-order chi connectivity index (χ1) is 13.1. The molecule has 3 heterocycles. The molecule has 138 valence electrons. The van der Waals surface area contributed by atoms with Gasteiger partial charge in [-0.1, -0.05) is 18.2 Å². The highest BCUT2D eigenvalue weighted by Gasteiger charge is 2.30. The molecule has 7 nitrogen and oxygen atoms in total. The van der Waals surface area contributed by atoms with Crippen molar-refractivity contribution in [2.45, 2.75) is 18.9 Å². The lowest BCUT2D eigenvalue weighted by atomic mass is 9.87. The summed E-state index contributed by atoms with van der Waals surface area (Å²) >= 11 is 1.65. The van der Waals surface area contributed by atoms with Crippen LogP contribution in [-0.2, 0) is 16.1 Å². The minimum atomic E-state index is -0.533. The number of carbonyl (C=O) groups is 2. The van der Waals surface area contributed by atoms with Crippen LogP contribution in [0.2, 0.25) is 0 Å². The molecule has 0 bridgehead atoms. The Morgan fingerprint density at radius 1 is 1.37 bits per heavy atom. The summed E-state index contributed by atoms with van der Waals surface area (Å²) in [5.41, 5.74) is 7.04. The third-order valence-corrected chi connectivity index (χ3v) is 5.28. The number of benzene rings is 1. The summed E-state index contributed by atoms with van der Waals surface area (Å²) in [5, 5.41) is 9.45. The summed E-state index contributed by atoms with van der Waals surface area (Å²) in [4.78, 5) is 24.4. The smallest absolute Gasteiger partial charge is 0.255 e. The highest BCUT2D eigenvalue weighted by Crippen LogP contribution is 2.38. The zero-order valence-electron chi connectivity index (χ0n) is 14.4. The lowest BCUT2D eigenvalue weighted by Crippen LogP contribution is -2.25. The van der Waals surface area contributed by atoms with E-state index in [0.29, 0.717) is 18.7 Å². The zero-order valence-corrected chi connectivity index (χ0v) is 15.2. The lowest BCUT2D eigenvalue weighted by Gasteiger charge is -2.24. The van der Waals surface area contributed by atoms with Gasteiger partial charge in [0.15, 0.2) is 6.61 Å². The van der Waals surface area contributed by atoms with E-state index in [0.717, 1.165) is 16.9 Å². The van der Waals surface area contributed by atoms with Gasteiger partial charge in [-0.3, -0.25) is 9.59 Å². The van der Waals surface area contributed by atoms with E-state index in [4.69, 9.17) is 10.5 Å². The van der Waals surface area contributed by atoms with Gasteiger partial charge in [0.2, 0.25) is 5.91 Å². The standard InChI is InChI=1S/C19H18N4O3S/c20-17(24)11-26-13-4-1-3-12(7-13)15-8-18(25)22-19-16(15)9-21-23(19)10-14-5-2-6-27-14/h1-7,9,15H,8,10-11H2,(H2,20,24)(H,22,25)/t15-/m1/s1. The van der Waals surface area contributed by atoms with Gasteiger partial charge in [0, 0.05) is 22.8 Å². The quantitative estimate of drug-likeness (QED) is 0.683. The SMILES string of the molecule is NC(=O)COc1cccc([C@H]2CC(=O)Nc3c2cnn3Cc2cccs2)c1. The second-order valence-corrected chi connectivity index (χ2v) is 7.35. The van der Waals surface area contributed by atoms with Crippen LogP contribution >= 0.6 is 11.3 Å². The summed E-state index contributed by atoms with van der Waals surface area (Å²) in [7, 11) is 0. The van der Waals surface area contributed by atoms with Gasteiger partial charge in [-0.05, 0) is 29.1 Å². The van der Waals surface area contributed by atoms with E-state index in [2.05, 4.69) is 10.4 Å². The lowest BCUT2D eigenvalue weighted by molar-refractivity contribution is -0.120. The number of rotatable bonds is 6. The number of nitrogens with one attached hydrogen (secondary N) is 1. The fraction of sp³-hybridized carbons (Fsp3) is 0.211. The van der Waals surface area contributed by atoms with Crippen LogP contribution in [0.4, 0.5) is 5.82 Å². The Balaban J connectivity index is 1.64. The molecule has 27 heavy (non-hydrogen) atoms. The van der Waals surface area contributed by atoms with Crippen LogP contribution < -0.4 is 15.8 Å². The van der Waals surface area contributed by atoms with Gasteiger partial charge in [-0.15, -0.1) is 11.3 Å². The molecule has 0 saturated carbocycles. The number of anilines is 1. The molecule has 8 heteroatoms. The third kappa shape index (κ3) is 3.70. The van der Waals surface area contributed by atoms with Gasteiger partial charge in [-0.2, -0.15) is 5.10 Å². The molecule has 1 atom stereocenters. The summed E-state index contributed by atoms with van der Waals surface area (Å²) < 4.78 is 7.21. The van der Waals surface area contributed by atoms with Crippen molar-refractivity contribution in [1.82, 2.24) is 9.78 Å². The van der Waals surface area contributed by atoms with E-state index in [1.54, 1.807) is 17.4 Å². The highest BCUT2D eigenvalue weighted by atomic mass is 32.1. The van der Waals surface area contributed by atoms with E-state index in [1.807, 2.05) is 46.6 Å². The average molecular weight is 382 g/mol. The number of ether oxygens (including phenoxy) is 1. The number of carbonyl (C=O) groups excluding carboxylic acids is 2. The number of hydrogen-bond acceptors (Lipinski definition) is 5. The van der Waals surface area contributed by atoms with E-state index in [9.17, 15) is 9.59 Å². The number of hydrogen-bond donors (Lipinski definition) is 2. The second kappa shape index (κ2) is 7.24. The maximum Gasteiger partial charge on any atom is 0.255 e. The first-order valence-electron chi connectivity index (χ1n) is 8.49. The topological polar surface area (TPSA) is 99.2 Å². The number of thiophene rings is 1. The van der Waals surface area contributed by atoms with E-state index in [-0.39, 0.29) is 18.4 Å². The van der Waals surface area contributed by atoms with Crippen molar-refractivity contribution in [2.24, 2.45) is 5.73 Å². The Hall–Kier alpha value is -3.13. The van der Waals surface area contributed by atoms with Gasteiger partial charge in [0.05, 0.1) is 12.7 Å². The molecule has 3 N–H and O–H groups in total. The van der Waals surface area contributed by atoms with Crippen LogP contribution in [0.5, 0.6) is 5.75 Å². The Morgan fingerprint density at radius 3 is 3.04 bits per heavy atom. The van der Waals surface area contributed by atoms with Gasteiger partial charge >= 0.3 is 0 Å². The zero-order chi connectivity index (χ0) is 18.8. The molecular formula is C19H18N4O3S. The van der Waals surface area contributed by atoms with Crippen LogP contribution in [0.3, 0.4) is 0 Å². The minimum Gasteiger partial charge on any atom is -0.484 e. The molecule has 0 radical (unpaired) electrons. The Labute approximate surface area is 159 Å². The number of fused-ring (bicyclic) bond motifs is 1. The molecule has 1 aliphatic heterocycles. The van der Waals surface area contributed by atoms with Crippen molar-refractivity contribution in [3.8, 4) is 5.75 Å². The maximum absolute atomic E-state index is 12.3. The fourth-order valence-electron chi connectivity index (χ4n) is 3.21. The molecule has 1 aromatic carbocycles. The molecular weight excluding hydrogens is 364 g/mol. The number of primary amides is 1. The predicted molar refractivity (Wildman–Crippen MR) is 102 cm³/mol. The molecule has 0 unspecified atom stereocenters. The van der Waals surface area contributed by atoms with E-state index < -0.39 is 5.91 Å². The third-order valence-electron chi connectivity index (χ3n) is 4.42. The largest absolute Gasteiger partial charge is 0.484 e. The van der Waals surface area contributed by atoms with Crippen molar-refractivity contribution >= 4 is 29.0 Å². The monoisotopic (exact) mass is 382 g/mol. The maximum atomic E-state index is 12.3. The number of amides is 2. The van der Waals surface area contributed by atoms with Crippen LogP contribution in [-0.4, -0.2) is 28.2 Å². The number of nitrogens with zero attached hydrogens (tertiary/aromatic N) is 2. The van der Waals surface area contributed by atoms with Crippen molar-refractivity contribution < 1.29 is 14.3 Å². The molecule has 4 rings (SSSR count). The van der Waals surface area contributed by atoms with Crippen molar-refractivity contribution in [2.75, 3.05) is 11.9 Å². The summed E-state index contributed by atoms with van der Waals surface area (Å²) in [6, 6.07) is 11.4. The van der Waals surface area contributed by atoms with Crippen LogP contribution in [0, 0.1) is 0 Å². The summed E-state index contributed by atoms with van der Waals surface area (Å²) in [5.74, 6) is 0.569. The molecule has 0 fully saturated rings. The van der Waals surface area contributed by atoms with E-state index >= 15 is 0 Å². The highest BCUT2D eigenvalue weighted by molar-refractivity contribution is 7.09. The summed E-state index contributed by atoms with van der Waals surface area (Å²) in [6.07, 6.45) is 2.14. The van der Waals surface area contributed by atoms with Gasteiger partial charge in [-0.25, -0.2) is 4.68 Å². The summed E-state index contributed by atoms with van der Waals surface area (Å²) in [6.45, 7) is 0.431. The van der Waals surface area contributed by atoms with E-state index in [1.165, 1.54) is 4.88 Å². The fourth-order valence-corrected chi connectivity index (χ4v) is 3.90.